The zero-order valence-electron chi connectivity index (χ0n) is 23.2. The maximum absolute atomic E-state index is 13.2. The highest BCUT2D eigenvalue weighted by Gasteiger charge is 2.39. The van der Waals surface area contributed by atoms with Crippen LogP contribution in [-0.4, -0.2) is 51.5 Å². The van der Waals surface area contributed by atoms with E-state index in [-0.39, 0.29) is 29.7 Å². The van der Waals surface area contributed by atoms with Crippen molar-refractivity contribution in [3.05, 3.63) is 106 Å². The summed E-state index contributed by atoms with van der Waals surface area (Å²) in [6.45, 7) is 8.31. The summed E-state index contributed by atoms with van der Waals surface area (Å²) >= 11 is 0. The molecule has 210 valence electrons. The molecular weight excluding hydrogens is 511 g/mol. The second-order valence-electron chi connectivity index (χ2n) is 10.2. The Morgan fingerprint density at radius 1 is 1.07 bits per heavy atom. The number of likely N-dealkylation sites (tertiary alicyclic amines) is 1. The number of aromatic nitrogens is 1. The third-order valence-electron chi connectivity index (χ3n) is 6.60. The van der Waals surface area contributed by atoms with Crippen molar-refractivity contribution in [2.45, 2.75) is 40.7 Å². The smallest absolute Gasteiger partial charge is 0.335 e. The first-order valence-corrected chi connectivity index (χ1v) is 13.0. The van der Waals surface area contributed by atoms with E-state index in [4.69, 9.17) is 15.8 Å². The number of carboxylic acid groups (broad SMARTS) is 1. The molecule has 4 N–H and O–H groups in total. The van der Waals surface area contributed by atoms with E-state index in [1.54, 1.807) is 53.6 Å². The fourth-order valence-corrected chi connectivity index (χ4v) is 4.48. The Hall–Kier alpha value is -4.53. The minimum absolute atomic E-state index is 0.111. The number of benzene rings is 2. The summed E-state index contributed by atoms with van der Waals surface area (Å²) in [5.74, 6) is -1.59. The van der Waals surface area contributed by atoms with Gasteiger partial charge in [-0.15, -0.1) is 0 Å². The number of aromatic amines is 1. The van der Waals surface area contributed by atoms with Crippen LogP contribution in [0, 0.1) is 11.2 Å². The standard InChI is InChI=1S/C22H25FN4O2.C9H10O2/c1-14(28)19(24)17-12-27(21(29)18-5-4-10-25-18)13-22(2,3)20(17)26-11-15-6-8-16(23)9-7-15;1-2-7-4-3-5-8(6-7)9(10)11/h4-10,25H,11-13,24H2,1-3H3;3-6H,2H2,1H3,(H,10,11)/b19-17-,26-20?;. The van der Waals surface area contributed by atoms with Gasteiger partial charge in [0.1, 0.15) is 11.5 Å². The molecule has 0 atom stereocenters. The van der Waals surface area contributed by atoms with Crippen LogP contribution < -0.4 is 5.73 Å². The highest BCUT2D eigenvalue weighted by molar-refractivity contribution is 6.12. The lowest BCUT2D eigenvalue weighted by atomic mass is 9.78. The van der Waals surface area contributed by atoms with E-state index in [1.807, 2.05) is 26.8 Å². The molecule has 1 aliphatic rings. The summed E-state index contributed by atoms with van der Waals surface area (Å²) in [6, 6.07) is 16.6. The van der Waals surface area contributed by atoms with E-state index in [0.717, 1.165) is 17.5 Å². The number of piperidine rings is 1. The molecule has 1 aliphatic heterocycles. The van der Waals surface area contributed by atoms with Crippen LogP contribution in [0.15, 0.2) is 83.1 Å². The van der Waals surface area contributed by atoms with Crippen molar-refractivity contribution in [3.8, 4) is 0 Å². The van der Waals surface area contributed by atoms with Gasteiger partial charge in [-0.3, -0.25) is 14.6 Å². The number of nitrogens with zero attached hydrogens (tertiary/aromatic N) is 2. The molecule has 4 rings (SSSR count). The summed E-state index contributed by atoms with van der Waals surface area (Å²) in [5.41, 5.74) is 9.74. The van der Waals surface area contributed by atoms with E-state index in [2.05, 4.69) is 4.98 Å². The Balaban J connectivity index is 0.000000336. The molecule has 2 heterocycles. The molecule has 9 heteroatoms. The molecule has 0 spiro atoms. The van der Waals surface area contributed by atoms with Gasteiger partial charge in [0.2, 0.25) is 0 Å². The Kier molecular flexibility index (Phi) is 9.77. The van der Waals surface area contributed by atoms with Crippen LogP contribution >= 0.6 is 0 Å². The molecule has 0 bridgehead atoms. The quantitative estimate of drug-likeness (QED) is 0.374. The maximum atomic E-state index is 13.2. The predicted molar refractivity (Wildman–Crippen MR) is 153 cm³/mol. The number of Topliss-reactive ketones (excluding diaryl/α,β-unsaturated/α-hetero) is 1. The van der Waals surface area contributed by atoms with Crippen LogP contribution in [-0.2, 0) is 17.8 Å². The van der Waals surface area contributed by atoms with Gasteiger partial charge in [-0.1, -0.05) is 45.0 Å². The lowest BCUT2D eigenvalue weighted by Gasteiger charge is -2.41. The van der Waals surface area contributed by atoms with Gasteiger partial charge in [-0.2, -0.15) is 0 Å². The number of aryl methyl sites for hydroxylation is 1. The van der Waals surface area contributed by atoms with E-state index in [0.29, 0.717) is 35.6 Å². The minimum atomic E-state index is -0.861. The third kappa shape index (κ3) is 7.53. The average Bonchev–Trinajstić information content (AvgIpc) is 3.47. The number of halogens is 1. The van der Waals surface area contributed by atoms with Crippen molar-refractivity contribution >= 4 is 23.4 Å². The molecule has 1 aromatic heterocycles. The number of ketones is 1. The van der Waals surface area contributed by atoms with Crippen LogP contribution in [0.25, 0.3) is 0 Å². The molecule has 8 nitrogen and oxygen atoms in total. The summed E-state index contributed by atoms with van der Waals surface area (Å²) in [6.07, 6.45) is 2.57. The van der Waals surface area contributed by atoms with Gasteiger partial charge in [0.05, 0.1) is 24.4 Å². The number of rotatable bonds is 6. The molecule has 0 unspecified atom stereocenters. The number of allylic oxidation sites excluding steroid dienone is 1. The topological polar surface area (TPSA) is 129 Å². The molecule has 0 saturated carbocycles. The maximum Gasteiger partial charge on any atom is 0.335 e. The summed E-state index contributed by atoms with van der Waals surface area (Å²) in [4.78, 5) is 44.7. The van der Waals surface area contributed by atoms with Crippen molar-refractivity contribution in [1.82, 2.24) is 9.88 Å². The summed E-state index contributed by atoms with van der Waals surface area (Å²) < 4.78 is 13.2. The number of aromatic carboxylic acids is 1. The zero-order chi connectivity index (χ0) is 29.4. The second-order valence-corrected chi connectivity index (χ2v) is 10.2. The van der Waals surface area contributed by atoms with Crippen molar-refractivity contribution < 1.29 is 23.9 Å². The Labute approximate surface area is 233 Å². The van der Waals surface area contributed by atoms with Crippen LogP contribution in [0.3, 0.4) is 0 Å². The molecule has 2 aromatic carbocycles. The molecule has 40 heavy (non-hydrogen) atoms. The van der Waals surface area contributed by atoms with Gasteiger partial charge >= 0.3 is 5.97 Å². The Morgan fingerprint density at radius 3 is 2.35 bits per heavy atom. The Bertz CT molecular complexity index is 1420. The molecule has 1 fully saturated rings. The number of hydrogen-bond donors (Lipinski definition) is 3. The normalized spacial score (nSPS) is 16.6. The number of carbonyl (C=O) groups is 3. The first-order chi connectivity index (χ1) is 18.9. The van der Waals surface area contributed by atoms with Gasteiger partial charge in [-0.25, -0.2) is 9.18 Å². The van der Waals surface area contributed by atoms with Crippen molar-refractivity contribution in [1.29, 1.82) is 0 Å². The number of H-pyrrole nitrogens is 1. The fourth-order valence-electron chi connectivity index (χ4n) is 4.48. The van der Waals surface area contributed by atoms with Gasteiger partial charge < -0.3 is 20.7 Å². The number of nitrogens with two attached hydrogens (primary N) is 1. The molecule has 0 aliphatic carbocycles. The van der Waals surface area contributed by atoms with Crippen LogP contribution in [0.5, 0.6) is 0 Å². The SMILES string of the molecule is CC(=O)/C(N)=C1\CN(C(=O)c2ccc[nH]2)CC(C)(C)C1=NCc1ccc(F)cc1.CCc1cccc(C(=O)O)c1. The van der Waals surface area contributed by atoms with Gasteiger partial charge in [-0.05, 0) is 53.9 Å². The first kappa shape index (κ1) is 30.0. The van der Waals surface area contributed by atoms with Gasteiger partial charge in [0, 0.05) is 36.4 Å². The lowest BCUT2D eigenvalue weighted by Crippen LogP contribution is -2.51. The number of carboxylic acids is 1. The van der Waals surface area contributed by atoms with Crippen molar-refractivity contribution in [2.75, 3.05) is 13.1 Å². The third-order valence-corrected chi connectivity index (χ3v) is 6.60. The zero-order valence-corrected chi connectivity index (χ0v) is 23.2. The monoisotopic (exact) mass is 546 g/mol. The van der Waals surface area contributed by atoms with E-state index >= 15 is 0 Å². The summed E-state index contributed by atoms with van der Waals surface area (Å²) in [7, 11) is 0. The molecular formula is C31H35FN4O4. The fraction of sp³-hybridized carbons (Fsp3) is 0.290. The largest absolute Gasteiger partial charge is 0.478 e. The first-order valence-electron chi connectivity index (χ1n) is 13.0. The van der Waals surface area contributed by atoms with Crippen LogP contribution in [0.4, 0.5) is 4.39 Å². The van der Waals surface area contributed by atoms with Crippen LogP contribution in [0.1, 0.15) is 59.7 Å². The highest BCUT2D eigenvalue weighted by atomic mass is 19.1. The number of amides is 1. The molecule has 1 saturated heterocycles. The summed E-state index contributed by atoms with van der Waals surface area (Å²) in [5, 5.41) is 8.60. The number of carbonyl (C=O) groups excluding carboxylic acids is 2. The number of nitrogens with one attached hydrogen (secondary N) is 1. The molecule has 0 radical (unpaired) electrons. The molecule has 1 amide bonds. The van der Waals surface area contributed by atoms with Gasteiger partial charge in [0.15, 0.2) is 5.78 Å². The lowest BCUT2D eigenvalue weighted by molar-refractivity contribution is -0.113. The van der Waals surface area contributed by atoms with E-state index < -0.39 is 11.4 Å². The minimum Gasteiger partial charge on any atom is -0.478 e. The number of hydrogen-bond acceptors (Lipinski definition) is 5. The van der Waals surface area contributed by atoms with E-state index in [9.17, 15) is 18.8 Å². The van der Waals surface area contributed by atoms with Crippen LogP contribution in [0.2, 0.25) is 0 Å². The number of aliphatic imine (C=N–C) groups is 1. The Morgan fingerprint density at radius 2 is 1.77 bits per heavy atom. The highest BCUT2D eigenvalue weighted by Crippen LogP contribution is 2.32. The van der Waals surface area contributed by atoms with E-state index in [1.165, 1.54) is 19.1 Å². The van der Waals surface area contributed by atoms with Gasteiger partial charge in [0.25, 0.3) is 5.91 Å². The van der Waals surface area contributed by atoms with Crippen molar-refractivity contribution in [3.63, 3.8) is 0 Å². The average molecular weight is 547 g/mol. The predicted octanol–water partition coefficient (Wildman–Crippen LogP) is 5.03. The van der Waals surface area contributed by atoms with Crippen molar-refractivity contribution in [2.24, 2.45) is 16.1 Å². The second kappa shape index (κ2) is 13.0. The molecule has 3 aromatic rings.